The Hall–Kier alpha value is -2.38. The normalized spacial score (nSPS) is 13.9. The Morgan fingerprint density at radius 2 is 2.00 bits per heavy atom. The van der Waals surface area contributed by atoms with Gasteiger partial charge in [0.2, 0.25) is 0 Å². The van der Waals surface area contributed by atoms with E-state index < -0.39 is 0 Å². The number of carbonyl (C=O) groups excluding carboxylic acids is 2. The molecule has 17 heavy (non-hydrogen) atoms. The molecule has 0 aromatic heterocycles. The summed E-state index contributed by atoms with van der Waals surface area (Å²) in [5.74, 6) is 1.67. The summed E-state index contributed by atoms with van der Waals surface area (Å²) in [6.45, 7) is 0. The zero-order chi connectivity index (χ0) is 12.1. The van der Waals surface area contributed by atoms with Crippen LogP contribution in [0.4, 0.5) is 0 Å². The van der Waals surface area contributed by atoms with Gasteiger partial charge in [-0.15, -0.1) is 0 Å². The average molecular weight is 225 g/mol. The van der Waals surface area contributed by atoms with Gasteiger partial charge in [0.1, 0.15) is 5.94 Å². The molecule has 0 radical (unpaired) electrons. The van der Waals surface area contributed by atoms with Gasteiger partial charge in [-0.1, -0.05) is 24.3 Å². The first kappa shape index (κ1) is 11.1. The maximum Gasteiger partial charge on any atom is 0.255 e. The molecular weight excluding hydrogens is 214 g/mol. The van der Waals surface area contributed by atoms with Gasteiger partial charge in [0.15, 0.2) is 0 Å². The second-order valence-electron chi connectivity index (χ2n) is 3.68. The zero-order valence-electron chi connectivity index (χ0n) is 9.14. The van der Waals surface area contributed by atoms with Gasteiger partial charge in [0.25, 0.3) is 5.91 Å². The van der Waals surface area contributed by atoms with Crippen molar-refractivity contribution in [1.82, 2.24) is 5.32 Å². The Labute approximate surface area is 99.1 Å². The van der Waals surface area contributed by atoms with E-state index in [4.69, 9.17) is 0 Å². The van der Waals surface area contributed by atoms with Crippen molar-refractivity contribution in [3.8, 4) is 0 Å². The lowest BCUT2D eigenvalue weighted by Gasteiger charge is -2.11. The predicted molar refractivity (Wildman–Crippen MR) is 65.0 cm³/mol. The molecule has 1 aromatic carbocycles. The molecule has 0 saturated carbocycles. The lowest BCUT2D eigenvalue weighted by molar-refractivity contribution is 0.0965. The highest BCUT2D eigenvalue weighted by Gasteiger charge is 2.10. The first-order valence-corrected chi connectivity index (χ1v) is 5.27. The molecule has 2 rings (SSSR count). The fraction of sp³-hybridized carbons (Fsp3) is 0.0714. The third-order valence-electron chi connectivity index (χ3n) is 2.42. The van der Waals surface area contributed by atoms with Crippen LogP contribution in [0.3, 0.4) is 0 Å². The first-order valence-electron chi connectivity index (χ1n) is 5.27. The minimum atomic E-state index is -0.169. The van der Waals surface area contributed by atoms with Crippen molar-refractivity contribution in [2.75, 3.05) is 0 Å². The topological polar surface area (TPSA) is 46.2 Å². The van der Waals surface area contributed by atoms with Crippen molar-refractivity contribution >= 4 is 11.8 Å². The van der Waals surface area contributed by atoms with E-state index in [0.717, 1.165) is 0 Å². The van der Waals surface area contributed by atoms with E-state index >= 15 is 0 Å². The molecule has 0 bridgehead atoms. The number of benzene rings is 1. The first-order chi connectivity index (χ1) is 8.29. The molecule has 1 N–H and O–H groups in total. The van der Waals surface area contributed by atoms with Crippen LogP contribution in [0.2, 0.25) is 0 Å². The summed E-state index contributed by atoms with van der Waals surface area (Å²) in [5, 5.41) is 2.77. The van der Waals surface area contributed by atoms with E-state index in [0.29, 0.717) is 23.3 Å². The number of amides is 1. The summed E-state index contributed by atoms with van der Waals surface area (Å²) < 4.78 is 0. The van der Waals surface area contributed by atoms with Gasteiger partial charge in [-0.25, -0.2) is 4.79 Å². The SMILES string of the molecule is O=C=C1C=CC=C(NC(=O)c2ccccc2)C1. The second-order valence-corrected chi connectivity index (χ2v) is 3.68. The van der Waals surface area contributed by atoms with E-state index in [2.05, 4.69) is 5.32 Å². The van der Waals surface area contributed by atoms with Crippen LogP contribution >= 0.6 is 0 Å². The van der Waals surface area contributed by atoms with Crippen molar-refractivity contribution < 1.29 is 9.59 Å². The molecule has 3 heteroatoms. The molecule has 0 heterocycles. The number of nitrogens with one attached hydrogen (secondary N) is 1. The van der Waals surface area contributed by atoms with Gasteiger partial charge in [0, 0.05) is 23.3 Å². The highest BCUT2D eigenvalue weighted by atomic mass is 16.1. The Balaban J connectivity index is 2.08. The van der Waals surface area contributed by atoms with E-state index in [-0.39, 0.29) is 5.91 Å². The molecule has 1 aliphatic rings. The van der Waals surface area contributed by atoms with Gasteiger partial charge in [0.05, 0.1) is 0 Å². The molecule has 3 nitrogen and oxygen atoms in total. The number of carbonyl (C=O) groups is 1. The van der Waals surface area contributed by atoms with E-state index in [1.54, 1.807) is 42.5 Å². The van der Waals surface area contributed by atoms with E-state index in [1.165, 1.54) is 0 Å². The summed E-state index contributed by atoms with van der Waals surface area (Å²) in [6.07, 6.45) is 5.61. The third kappa shape index (κ3) is 2.80. The van der Waals surface area contributed by atoms with Gasteiger partial charge < -0.3 is 5.32 Å². The van der Waals surface area contributed by atoms with Crippen LogP contribution in [0.5, 0.6) is 0 Å². The number of hydrogen-bond acceptors (Lipinski definition) is 2. The number of rotatable bonds is 2. The summed E-state index contributed by atoms with van der Waals surface area (Å²) in [5.41, 5.74) is 1.84. The maximum atomic E-state index is 11.8. The third-order valence-corrected chi connectivity index (χ3v) is 2.42. The second kappa shape index (κ2) is 5.10. The minimum Gasteiger partial charge on any atom is -0.325 e. The molecule has 1 aromatic rings. The van der Waals surface area contributed by atoms with Crippen molar-refractivity contribution in [2.45, 2.75) is 6.42 Å². The maximum absolute atomic E-state index is 11.8. The van der Waals surface area contributed by atoms with Crippen LogP contribution in [0.1, 0.15) is 16.8 Å². The molecule has 1 aliphatic carbocycles. The molecule has 84 valence electrons. The van der Waals surface area contributed by atoms with Gasteiger partial charge in [-0.05, 0) is 24.3 Å². The highest BCUT2D eigenvalue weighted by Crippen LogP contribution is 2.13. The Kier molecular flexibility index (Phi) is 3.34. The van der Waals surface area contributed by atoms with E-state index in [9.17, 15) is 9.59 Å². The van der Waals surface area contributed by atoms with Crippen molar-refractivity contribution in [1.29, 1.82) is 0 Å². The molecular formula is C14H11NO2. The summed E-state index contributed by atoms with van der Waals surface area (Å²) in [7, 11) is 0. The number of hydrogen-bond donors (Lipinski definition) is 1. The van der Waals surface area contributed by atoms with Gasteiger partial charge in [-0.3, -0.25) is 4.79 Å². The van der Waals surface area contributed by atoms with Crippen LogP contribution in [0.25, 0.3) is 0 Å². The Morgan fingerprint density at radius 3 is 2.71 bits per heavy atom. The highest BCUT2D eigenvalue weighted by molar-refractivity contribution is 5.95. The smallest absolute Gasteiger partial charge is 0.255 e. The summed E-state index contributed by atoms with van der Waals surface area (Å²) in [6, 6.07) is 8.95. The standard InChI is InChI=1S/C14H11NO2/c16-10-11-5-4-8-13(9-11)15-14(17)12-6-2-1-3-7-12/h1-8H,9H2,(H,15,17). The van der Waals surface area contributed by atoms with Gasteiger partial charge >= 0.3 is 0 Å². The Bertz CT molecular complexity index is 535. The monoisotopic (exact) mass is 225 g/mol. The van der Waals surface area contributed by atoms with Crippen LogP contribution in [0, 0.1) is 0 Å². The Morgan fingerprint density at radius 1 is 1.24 bits per heavy atom. The minimum absolute atomic E-state index is 0.169. The number of allylic oxidation sites excluding steroid dienone is 4. The van der Waals surface area contributed by atoms with Crippen molar-refractivity contribution in [3.05, 3.63) is 65.4 Å². The van der Waals surface area contributed by atoms with Gasteiger partial charge in [-0.2, -0.15) is 0 Å². The molecule has 0 unspecified atom stereocenters. The molecule has 0 spiro atoms. The lowest BCUT2D eigenvalue weighted by atomic mass is 10.1. The molecule has 1 amide bonds. The quantitative estimate of drug-likeness (QED) is 0.783. The van der Waals surface area contributed by atoms with Crippen molar-refractivity contribution in [2.24, 2.45) is 0 Å². The molecule has 0 fully saturated rings. The van der Waals surface area contributed by atoms with Crippen molar-refractivity contribution in [3.63, 3.8) is 0 Å². The fourth-order valence-corrected chi connectivity index (χ4v) is 1.57. The average Bonchev–Trinajstić information content (AvgIpc) is 2.40. The summed E-state index contributed by atoms with van der Waals surface area (Å²) >= 11 is 0. The largest absolute Gasteiger partial charge is 0.325 e. The fourth-order valence-electron chi connectivity index (χ4n) is 1.57. The molecule has 0 atom stereocenters. The lowest BCUT2D eigenvalue weighted by Crippen LogP contribution is -2.23. The van der Waals surface area contributed by atoms with Crippen LogP contribution in [-0.2, 0) is 4.79 Å². The zero-order valence-corrected chi connectivity index (χ0v) is 9.14. The van der Waals surface area contributed by atoms with Crippen LogP contribution < -0.4 is 5.32 Å². The molecule has 0 aliphatic heterocycles. The van der Waals surface area contributed by atoms with Crippen LogP contribution in [0.15, 0.2) is 59.8 Å². The summed E-state index contributed by atoms with van der Waals surface area (Å²) in [4.78, 5) is 22.3. The van der Waals surface area contributed by atoms with E-state index in [1.807, 2.05) is 12.0 Å². The predicted octanol–water partition coefficient (Wildman–Crippen LogP) is 2.02. The van der Waals surface area contributed by atoms with Crippen LogP contribution in [-0.4, -0.2) is 11.8 Å². The molecule has 0 saturated heterocycles.